The third-order valence-corrected chi connectivity index (χ3v) is 6.67. The quantitative estimate of drug-likeness (QED) is 0.556. The molecule has 10 nitrogen and oxygen atoms in total. The lowest BCUT2D eigenvalue weighted by molar-refractivity contribution is -0.0655. The first-order valence-electron chi connectivity index (χ1n) is 11.7. The maximum Gasteiger partial charge on any atom is 0.212 e. The highest BCUT2D eigenvalue weighted by atomic mass is 16.5. The van der Waals surface area contributed by atoms with E-state index in [0.717, 1.165) is 80.5 Å². The topological polar surface area (TPSA) is 110 Å². The Morgan fingerprint density at radius 1 is 1.21 bits per heavy atom. The van der Waals surface area contributed by atoms with Crippen LogP contribution < -0.4 is 10.1 Å². The standard InChI is InChI=1S/C23H31N7O3/c1-3-30-21(16-4-5-18(32-2)24-12-16)28-19-20(25-14-26-22(19)30)27-17-6-9-29(13-17)23(31)15-7-10-33-11-8-15/h4-5,12,14-15,17,23,31H,3,6-11,13H2,1-2H3,(H,25,26,27). The molecular weight excluding hydrogens is 422 g/mol. The summed E-state index contributed by atoms with van der Waals surface area (Å²) in [5.74, 6) is 2.37. The van der Waals surface area contributed by atoms with Crippen LogP contribution in [0.2, 0.25) is 0 Å². The predicted octanol–water partition coefficient (Wildman–Crippen LogP) is 2.15. The van der Waals surface area contributed by atoms with Crippen LogP contribution in [0.5, 0.6) is 5.88 Å². The van der Waals surface area contributed by atoms with Crippen LogP contribution in [0.15, 0.2) is 24.7 Å². The summed E-state index contributed by atoms with van der Waals surface area (Å²) >= 11 is 0. The number of ether oxygens (including phenoxy) is 2. The van der Waals surface area contributed by atoms with E-state index in [2.05, 4.69) is 36.7 Å². The normalized spacial score (nSPS) is 20.9. The lowest BCUT2D eigenvalue weighted by atomic mass is 9.98. The molecule has 0 radical (unpaired) electrons. The van der Waals surface area contributed by atoms with Gasteiger partial charge in [-0.05, 0) is 32.3 Å². The predicted molar refractivity (Wildman–Crippen MR) is 124 cm³/mol. The van der Waals surface area contributed by atoms with Crippen molar-refractivity contribution in [1.29, 1.82) is 0 Å². The number of anilines is 1. The molecule has 3 aromatic heterocycles. The first-order valence-corrected chi connectivity index (χ1v) is 11.7. The molecule has 5 heterocycles. The van der Waals surface area contributed by atoms with Gasteiger partial charge >= 0.3 is 0 Å². The van der Waals surface area contributed by atoms with Crippen molar-refractivity contribution in [2.24, 2.45) is 5.92 Å². The highest BCUT2D eigenvalue weighted by Crippen LogP contribution is 2.29. The molecule has 2 saturated heterocycles. The number of imidazole rings is 1. The summed E-state index contributed by atoms with van der Waals surface area (Å²) in [6.45, 7) is 5.90. The van der Waals surface area contributed by atoms with Gasteiger partial charge < -0.3 is 24.5 Å². The van der Waals surface area contributed by atoms with Gasteiger partial charge in [0.2, 0.25) is 5.88 Å². The summed E-state index contributed by atoms with van der Waals surface area (Å²) in [7, 11) is 1.60. The van der Waals surface area contributed by atoms with Crippen molar-refractivity contribution in [3.63, 3.8) is 0 Å². The van der Waals surface area contributed by atoms with Gasteiger partial charge in [-0.3, -0.25) is 4.90 Å². The summed E-state index contributed by atoms with van der Waals surface area (Å²) in [4.78, 5) is 20.4. The SMILES string of the molecule is CCn1c(-c2ccc(OC)nc2)nc2c(NC3CCN(C(O)C4CCOCC4)C3)ncnc21. The minimum absolute atomic E-state index is 0.190. The number of likely N-dealkylation sites (tertiary alicyclic amines) is 1. The van der Waals surface area contributed by atoms with Crippen molar-refractivity contribution in [2.45, 2.75) is 45.0 Å². The van der Waals surface area contributed by atoms with Crippen molar-refractivity contribution >= 4 is 17.0 Å². The smallest absolute Gasteiger partial charge is 0.212 e. The zero-order valence-corrected chi connectivity index (χ0v) is 19.1. The second-order valence-electron chi connectivity index (χ2n) is 8.65. The number of methoxy groups -OCH3 is 1. The highest BCUT2D eigenvalue weighted by Gasteiger charge is 2.33. The maximum atomic E-state index is 10.9. The number of fused-ring (bicyclic) bond motifs is 1. The van der Waals surface area contributed by atoms with Gasteiger partial charge in [-0.2, -0.15) is 0 Å². The number of aryl methyl sites for hydroxylation is 1. The summed E-state index contributed by atoms with van der Waals surface area (Å²) in [6, 6.07) is 3.97. The molecule has 10 heteroatoms. The van der Waals surface area contributed by atoms with E-state index >= 15 is 0 Å². The molecule has 0 bridgehead atoms. The Balaban J connectivity index is 1.36. The molecule has 2 atom stereocenters. The Kier molecular flexibility index (Phi) is 6.39. The molecule has 33 heavy (non-hydrogen) atoms. The van der Waals surface area contributed by atoms with Gasteiger partial charge in [-0.15, -0.1) is 0 Å². The van der Waals surface area contributed by atoms with Crippen LogP contribution in [0.3, 0.4) is 0 Å². The summed E-state index contributed by atoms with van der Waals surface area (Å²) < 4.78 is 12.7. The van der Waals surface area contributed by atoms with Crippen LogP contribution in [0.4, 0.5) is 5.82 Å². The molecule has 2 N–H and O–H groups in total. The van der Waals surface area contributed by atoms with Crippen molar-refractivity contribution in [3.05, 3.63) is 24.7 Å². The molecule has 3 aromatic rings. The van der Waals surface area contributed by atoms with Crippen molar-refractivity contribution in [1.82, 2.24) is 29.4 Å². The average Bonchev–Trinajstić information content (AvgIpc) is 3.49. The third-order valence-electron chi connectivity index (χ3n) is 6.67. The summed E-state index contributed by atoms with van der Waals surface area (Å²) in [5, 5.41) is 14.4. The molecule has 2 aliphatic heterocycles. The van der Waals surface area contributed by atoms with Crippen LogP contribution in [0.1, 0.15) is 26.2 Å². The molecule has 5 rings (SSSR count). The maximum absolute atomic E-state index is 10.9. The molecule has 2 unspecified atom stereocenters. The average molecular weight is 454 g/mol. The Morgan fingerprint density at radius 3 is 2.79 bits per heavy atom. The number of rotatable bonds is 7. The minimum atomic E-state index is -0.417. The minimum Gasteiger partial charge on any atom is -0.481 e. The zero-order valence-electron chi connectivity index (χ0n) is 19.1. The van der Waals surface area contributed by atoms with Crippen molar-refractivity contribution in [2.75, 3.05) is 38.7 Å². The number of hydrogen-bond donors (Lipinski definition) is 2. The van der Waals surface area contributed by atoms with Gasteiger partial charge in [-0.1, -0.05) is 0 Å². The van der Waals surface area contributed by atoms with Crippen molar-refractivity contribution < 1.29 is 14.6 Å². The Hall–Kier alpha value is -2.82. The van der Waals surface area contributed by atoms with Gasteiger partial charge in [0, 0.05) is 62.6 Å². The molecule has 2 fully saturated rings. The molecule has 0 aromatic carbocycles. The second kappa shape index (κ2) is 9.58. The van der Waals surface area contributed by atoms with Gasteiger partial charge in [0.1, 0.15) is 18.4 Å². The first kappa shape index (κ1) is 22.0. The molecule has 0 amide bonds. The number of nitrogens with zero attached hydrogens (tertiary/aromatic N) is 6. The fraction of sp³-hybridized carbons (Fsp3) is 0.565. The van der Waals surface area contributed by atoms with Crippen LogP contribution in [-0.2, 0) is 11.3 Å². The number of aromatic nitrogens is 5. The second-order valence-corrected chi connectivity index (χ2v) is 8.65. The zero-order chi connectivity index (χ0) is 22.8. The highest BCUT2D eigenvalue weighted by molar-refractivity contribution is 5.86. The molecule has 2 aliphatic rings. The molecule has 0 saturated carbocycles. The van der Waals surface area contributed by atoms with E-state index in [1.165, 1.54) is 0 Å². The Morgan fingerprint density at radius 2 is 2.06 bits per heavy atom. The number of nitrogens with one attached hydrogen (secondary N) is 1. The number of aliphatic hydroxyl groups is 1. The molecular formula is C23H31N7O3. The van der Waals surface area contributed by atoms with E-state index in [0.29, 0.717) is 5.88 Å². The fourth-order valence-electron chi connectivity index (χ4n) is 4.85. The largest absolute Gasteiger partial charge is 0.481 e. The number of pyridine rings is 1. The van der Waals surface area contributed by atoms with Crippen LogP contribution in [0, 0.1) is 5.92 Å². The van der Waals surface area contributed by atoms with E-state index in [4.69, 9.17) is 14.5 Å². The van der Waals surface area contributed by atoms with Gasteiger partial charge in [0.05, 0.1) is 7.11 Å². The third kappa shape index (κ3) is 4.38. The summed E-state index contributed by atoms with van der Waals surface area (Å²) in [6.07, 6.45) is 5.70. The van der Waals surface area contributed by atoms with Gasteiger partial charge in [-0.25, -0.2) is 19.9 Å². The lowest BCUT2D eigenvalue weighted by Gasteiger charge is -2.32. The number of hydrogen-bond acceptors (Lipinski definition) is 9. The fourth-order valence-corrected chi connectivity index (χ4v) is 4.85. The Bertz CT molecular complexity index is 1080. The van der Waals surface area contributed by atoms with Crippen LogP contribution in [0.25, 0.3) is 22.6 Å². The Labute approximate surface area is 193 Å². The van der Waals surface area contributed by atoms with Crippen LogP contribution in [-0.4, -0.2) is 80.2 Å². The van der Waals surface area contributed by atoms with Gasteiger partial charge in [0.15, 0.2) is 17.0 Å². The summed E-state index contributed by atoms with van der Waals surface area (Å²) in [5.41, 5.74) is 2.43. The van der Waals surface area contributed by atoms with E-state index in [1.807, 2.05) is 12.1 Å². The monoisotopic (exact) mass is 453 g/mol. The lowest BCUT2D eigenvalue weighted by Crippen LogP contribution is -2.42. The van der Waals surface area contributed by atoms with E-state index in [1.54, 1.807) is 19.6 Å². The van der Waals surface area contributed by atoms with E-state index < -0.39 is 6.23 Å². The molecule has 176 valence electrons. The number of aliphatic hydroxyl groups excluding tert-OH is 1. The van der Waals surface area contributed by atoms with Crippen molar-refractivity contribution in [3.8, 4) is 17.3 Å². The van der Waals surface area contributed by atoms with E-state index in [-0.39, 0.29) is 12.0 Å². The van der Waals surface area contributed by atoms with E-state index in [9.17, 15) is 5.11 Å². The molecule has 0 spiro atoms. The van der Waals surface area contributed by atoms with Gasteiger partial charge in [0.25, 0.3) is 0 Å². The molecule has 0 aliphatic carbocycles. The van der Waals surface area contributed by atoms with Crippen LogP contribution >= 0.6 is 0 Å². The first-order chi connectivity index (χ1) is 16.2.